The lowest BCUT2D eigenvalue weighted by Crippen LogP contribution is -2.43. The number of amides is 1. The molecule has 1 amide bonds. The number of carbonyl (C=O) groups is 1. The molecular formula is C29H34N8O2. The maximum Gasteiger partial charge on any atom is 0.223 e. The maximum absolute atomic E-state index is 12.7. The van der Waals surface area contributed by atoms with Crippen LogP contribution >= 0.6 is 0 Å². The van der Waals surface area contributed by atoms with E-state index in [0.717, 1.165) is 59.5 Å². The van der Waals surface area contributed by atoms with Crippen molar-refractivity contribution in [2.75, 3.05) is 31.6 Å². The highest BCUT2D eigenvalue weighted by atomic mass is 16.5. The Morgan fingerprint density at radius 1 is 1.13 bits per heavy atom. The summed E-state index contributed by atoms with van der Waals surface area (Å²) in [6.45, 7) is 6.26. The Morgan fingerprint density at radius 2 is 1.92 bits per heavy atom. The highest BCUT2D eigenvalue weighted by Gasteiger charge is 2.26. The van der Waals surface area contributed by atoms with Gasteiger partial charge in [0.1, 0.15) is 11.9 Å². The number of rotatable bonds is 8. The molecule has 10 heteroatoms. The second-order valence-electron chi connectivity index (χ2n) is 10.4. The number of fused-ring (bicyclic) bond motifs is 1. The van der Waals surface area contributed by atoms with Gasteiger partial charge >= 0.3 is 0 Å². The summed E-state index contributed by atoms with van der Waals surface area (Å²) in [6, 6.07) is 8.36. The van der Waals surface area contributed by atoms with Crippen LogP contribution in [0.3, 0.4) is 0 Å². The van der Waals surface area contributed by atoms with Crippen LogP contribution < -0.4 is 10.2 Å². The second kappa shape index (κ2) is 11.3. The molecule has 5 heterocycles. The molecule has 4 aromatic rings. The van der Waals surface area contributed by atoms with E-state index in [9.17, 15) is 10.1 Å². The third-order valence-corrected chi connectivity index (χ3v) is 7.54. The van der Waals surface area contributed by atoms with Gasteiger partial charge in [0, 0.05) is 80.6 Å². The van der Waals surface area contributed by atoms with Crippen molar-refractivity contribution in [1.29, 1.82) is 5.26 Å². The van der Waals surface area contributed by atoms with Crippen LogP contribution in [0.4, 0.5) is 5.82 Å². The number of nitrogens with one attached hydrogen (secondary N) is 1. The Balaban J connectivity index is 1.31. The van der Waals surface area contributed by atoms with Gasteiger partial charge in [0.15, 0.2) is 0 Å². The minimum absolute atomic E-state index is 0.0000370. The third kappa shape index (κ3) is 5.49. The lowest BCUT2D eigenvalue weighted by molar-refractivity contribution is -0.126. The van der Waals surface area contributed by atoms with Crippen molar-refractivity contribution in [2.45, 2.75) is 32.8 Å². The second-order valence-corrected chi connectivity index (χ2v) is 10.4. The van der Waals surface area contributed by atoms with Gasteiger partial charge in [0.2, 0.25) is 5.91 Å². The van der Waals surface area contributed by atoms with Gasteiger partial charge < -0.3 is 15.0 Å². The number of hydrogen-bond donors (Lipinski definition) is 1. The van der Waals surface area contributed by atoms with Gasteiger partial charge in [0.25, 0.3) is 0 Å². The van der Waals surface area contributed by atoms with Gasteiger partial charge in [-0.25, -0.2) is 9.50 Å². The Bertz CT molecular complexity index is 1490. The van der Waals surface area contributed by atoms with Crippen molar-refractivity contribution < 1.29 is 9.53 Å². The minimum Gasteiger partial charge on any atom is -0.379 e. The molecule has 202 valence electrons. The molecule has 0 saturated carbocycles. The first-order chi connectivity index (χ1) is 18.9. The molecule has 1 fully saturated rings. The van der Waals surface area contributed by atoms with E-state index in [1.807, 2.05) is 44.0 Å². The lowest BCUT2D eigenvalue weighted by atomic mass is 9.95. The monoisotopic (exact) mass is 526 g/mol. The molecule has 1 unspecified atom stereocenters. The molecule has 0 radical (unpaired) electrons. The molecule has 1 saturated heterocycles. The van der Waals surface area contributed by atoms with Crippen molar-refractivity contribution in [3.63, 3.8) is 0 Å². The molecule has 10 nitrogen and oxygen atoms in total. The van der Waals surface area contributed by atoms with Crippen molar-refractivity contribution in [3.05, 3.63) is 54.7 Å². The van der Waals surface area contributed by atoms with Gasteiger partial charge in [-0.2, -0.15) is 15.5 Å². The zero-order chi connectivity index (χ0) is 27.5. The van der Waals surface area contributed by atoms with E-state index in [2.05, 4.69) is 46.4 Å². The Labute approximate surface area is 228 Å². The summed E-state index contributed by atoms with van der Waals surface area (Å²) in [5, 5.41) is 21.5. The van der Waals surface area contributed by atoms with E-state index in [1.165, 1.54) is 0 Å². The molecule has 0 aromatic carbocycles. The zero-order valence-corrected chi connectivity index (χ0v) is 22.8. The first-order valence-corrected chi connectivity index (χ1v) is 13.3. The number of aryl methyl sites for hydroxylation is 1. The Hall–Kier alpha value is -4.23. The molecule has 1 aliphatic rings. The fourth-order valence-electron chi connectivity index (χ4n) is 5.19. The Kier molecular flexibility index (Phi) is 7.61. The van der Waals surface area contributed by atoms with E-state index < -0.39 is 0 Å². The van der Waals surface area contributed by atoms with Crippen molar-refractivity contribution in [1.82, 2.24) is 29.7 Å². The predicted octanol–water partition coefficient (Wildman–Crippen LogP) is 3.67. The largest absolute Gasteiger partial charge is 0.379 e. The van der Waals surface area contributed by atoms with Crippen LogP contribution in [0.2, 0.25) is 0 Å². The van der Waals surface area contributed by atoms with Gasteiger partial charge in [-0.3, -0.25) is 9.48 Å². The zero-order valence-electron chi connectivity index (χ0n) is 22.8. The summed E-state index contributed by atoms with van der Waals surface area (Å²) in [4.78, 5) is 19.7. The number of carbonyl (C=O) groups excluding carboxylic acids is 1. The topological polar surface area (TPSA) is 113 Å². The van der Waals surface area contributed by atoms with E-state index >= 15 is 0 Å². The summed E-state index contributed by atoms with van der Waals surface area (Å²) >= 11 is 0. The van der Waals surface area contributed by atoms with Gasteiger partial charge in [-0.05, 0) is 37.0 Å². The molecule has 1 aliphatic heterocycles. The first-order valence-electron chi connectivity index (χ1n) is 13.3. The summed E-state index contributed by atoms with van der Waals surface area (Å²) in [6.07, 6.45) is 10.7. The molecule has 39 heavy (non-hydrogen) atoms. The lowest BCUT2D eigenvalue weighted by Gasteiger charge is -2.32. The van der Waals surface area contributed by atoms with Gasteiger partial charge in [-0.15, -0.1) is 0 Å². The van der Waals surface area contributed by atoms with Crippen LogP contribution in [-0.2, 0) is 16.6 Å². The number of nitriles is 1. The van der Waals surface area contributed by atoms with Gasteiger partial charge in [-0.1, -0.05) is 13.8 Å². The highest BCUT2D eigenvalue weighted by molar-refractivity contribution is 5.87. The number of aromatic nitrogens is 5. The molecule has 0 bridgehead atoms. The van der Waals surface area contributed by atoms with Gasteiger partial charge in [0.05, 0.1) is 29.6 Å². The number of hydrogen-bond acceptors (Lipinski definition) is 7. The van der Waals surface area contributed by atoms with Crippen molar-refractivity contribution >= 4 is 17.2 Å². The fraction of sp³-hybridized carbons (Fsp3) is 0.414. The number of ether oxygens (including phenoxy) is 1. The fourth-order valence-corrected chi connectivity index (χ4v) is 5.19. The van der Waals surface area contributed by atoms with E-state index in [1.54, 1.807) is 22.5 Å². The van der Waals surface area contributed by atoms with Crippen LogP contribution in [-0.4, -0.2) is 63.1 Å². The van der Waals surface area contributed by atoms with E-state index in [0.29, 0.717) is 18.0 Å². The molecule has 1 atom stereocenters. The number of anilines is 1. The highest BCUT2D eigenvalue weighted by Crippen LogP contribution is 2.32. The summed E-state index contributed by atoms with van der Waals surface area (Å²) in [7, 11) is 3.57. The number of piperidine rings is 1. The summed E-state index contributed by atoms with van der Waals surface area (Å²) < 4.78 is 8.98. The van der Waals surface area contributed by atoms with Crippen LogP contribution in [0.1, 0.15) is 32.3 Å². The normalized spacial score (nSPS) is 15.0. The minimum atomic E-state index is -0.0000370. The molecule has 0 spiro atoms. The quantitative estimate of drug-likeness (QED) is 0.373. The van der Waals surface area contributed by atoms with Crippen molar-refractivity contribution in [2.24, 2.45) is 18.9 Å². The van der Waals surface area contributed by atoms with E-state index in [4.69, 9.17) is 9.72 Å². The van der Waals surface area contributed by atoms with Crippen LogP contribution in [0.25, 0.3) is 27.8 Å². The number of pyridine rings is 2. The summed E-state index contributed by atoms with van der Waals surface area (Å²) in [5.41, 5.74) is 4.96. The summed E-state index contributed by atoms with van der Waals surface area (Å²) in [5.74, 6) is 1.33. The maximum atomic E-state index is 12.7. The average molecular weight is 527 g/mol. The first kappa shape index (κ1) is 26.4. The molecule has 4 aromatic heterocycles. The smallest absolute Gasteiger partial charge is 0.223 e. The van der Waals surface area contributed by atoms with E-state index in [-0.39, 0.29) is 17.9 Å². The SMILES string of the molecule is COC(CNC(=O)C1CCN(c2ccc(-c3cc(-c4cnn(C)c4)cn4ncc(C#N)c34)cn2)CC1)C(C)C. The average Bonchev–Trinajstić information content (AvgIpc) is 3.58. The molecule has 5 rings (SSSR count). The Morgan fingerprint density at radius 3 is 2.54 bits per heavy atom. The molecule has 1 N–H and O–H groups in total. The molecular weight excluding hydrogens is 492 g/mol. The number of methoxy groups -OCH3 is 1. The van der Waals surface area contributed by atoms with Crippen molar-refractivity contribution in [3.8, 4) is 28.3 Å². The standard InChI is InChI=1S/C29H34N8O2/c1-19(2)26(39-4)16-32-29(38)20-7-9-36(10-8-20)27-6-5-21(13-31-27)25-11-22(24-15-33-35(3)17-24)18-37-28(25)23(12-30)14-34-37/h5-6,11,13-15,17-20,26H,7-10,16H2,1-4H3,(H,32,38). The van der Waals surface area contributed by atoms with Crippen LogP contribution in [0.15, 0.2) is 49.2 Å². The number of nitrogens with zero attached hydrogens (tertiary/aromatic N) is 7. The predicted molar refractivity (Wildman–Crippen MR) is 149 cm³/mol. The van der Waals surface area contributed by atoms with Crippen LogP contribution in [0.5, 0.6) is 0 Å². The molecule has 0 aliphatic carbocycles. The third-order valence-electron chi connectivity index (χ3n) is 7.54. The van der Waals surface area contributed by atoms with Crippen LogP contribution in [0, 0.1) is 23.2 Å².